The van der Waals surface area contributed by atoms with Crippen molar-refractivity contribution >= 4 is 11.6 Å². The molecule has 0 saturated heterocycles. The third-order valence-corrected chi connectivity index (χ3v) is 4.54. The molecule has 0 amide bonds. The summed E-state index contributed by atoms with van der Waals surface area (Å²) >= 11 is 0. The fourth-order valence-corrected chi connectivity index (χ4v) is 3.06. The van der Waals surface area contributed by atoms with Crippen molar-refractivity contribution in [2.75, 3.05) is 13.7 Å². The molecule has 0 bridgehead atoms. The molecule has 0 radical (unpaired) electrons. The molecule has 0 aromatic heterocycles. The maximum absolute atomic E-state index is 12.8. The van der Waals surface area contributed by atoms with E-state index in [-0.39, 0.29) is 23.0 Å². The van der Waals surface area contributed by atoms with Gasteiger partial charge < -0.3 is 15.8 Å². The zero-order valence-electron chi connectivity index (χ0n) is 17.1. The van der Waals surface area contributed by atoms with Crippen molar-refractivity contribution in [1.82, 2.24) is 5.32 Å². The van der Waals surface area contributed by atoms with Crippen LogP contribution < -0.4 is 11.1 Å². The Kier molecular flexibility index (Phi) is 7.42. The van der Waals surface area contributed by atoms with Gasteiger partial charge in [-0.05, 0) is 46.0 Å². The van der Waals surface area contributed by atoms with Gasteiger partial charge in [0, 0.05) is 23.4 Å². The van der Waals surface area contributed by atoms with Crippen molar-refractivity contribution in [3.8, 4) is 0 Å². The summed E-state index contributed by atoms with van der Waals surface area (Å²) in [6, 6.07) is 0. The Morgan fingerprint density at radius 2 is 1.77 bits per heavy atom. The number of allylic oxidation sites excluding steroid dienone is 5. The molecule has 0 atom stereocenters. The van der Waals surface area contributed by atoms with Gasteiger partial charge in [-0.2, -0.15) is 0 Å². The van der Waals surface area contributed by atoms with Crippen LogP contribution in [0.25, 0.3) is 0 Å². The lowest BCUT2D eigenvalue weighted by molar-refractivity contribution is -0.119. The Hall–Kier alpha value is -2.30. The van der Waals surface area contributed by atoms with Crippen LogP contribution in [0.2, 0.25) is 0 Å². The number of nitrogens with two attached hydrogens (primary N) is 1. The van der Waals surface area contributed by atoms with Crippen LogP contribution in [0.3, 0.4) is 0 Å². The second kappa shape index (κ2) is 8.88. The topological polar surface area (TPSA) is 81.4 Å². The lowest BCUT2D eigenvalue weighted by atomic mass is 9.73. The highest BCUT2D eigenvalue weighted by atomic mass is 16.5. The first-order chi connectivity index (χ1) is 12.0. The second-order valence-electron chi connectivity index (χ2n) is 7.58. The Morgan fingerprint density at radius 1 is 1.15 bits per heavy atom. The maximum atomic E-state index is 12.8. The summed E-state index contributed by atoms with van der Waals surface area (Å²) in [5, 5.41) is 3.37. The average Bonchev–Trinajstić information content (AvgIpc) is 2.55. The molecule has 0 spiro atoms. The predicted octanol–water partition coefficient (Wildman–Crippen LogP) is 3.54. The van der Waals surface area contributed by atoms with E-state index < -0.39 is 5.41 Å². The molecule has 0 heterocycles. The summed E-state index contributed by atoms with van der Waals surface area (Å²) in [4.78, 5) is 25.1. The summed E-state index contributed by atoms with van der Waals surface area (Å²) in [5.41, 5.74) is 8.37. The van der Waals surface area contributed by atoms with E-state index in [4.69, 9.17) is 10.5 Å². The molecule has 0 fully saturated rings. The van der Waals surface area contributed by atoms with Crippen molar-refractivity contribution < 1.29 is 14.3 Å². The summed E-state index contributed by atoms with van der Waals surface area (Å²) in [5.74, 6) is -0.677. The van der Waals surface area contributed by atoms with Crippen LogP contribution in [0.15, 0.2) is 46.0 Å². The first-order valence-electron chi connectivity index (χ1n) is 8.91. The minimum atomic E-state index is -0.510. The van der Waals surface area contributed by atoms with Crippen LogP contribution in [0.1, 0.15) is 54.4 Å². The quantitative estimate of drug-likeness (QED) is 0.393. The number of ether oxygens (including phenoxy) is 1. The van der Waals surface area contributed by atoms with Gasteiger partial charge in [-0.3, -0.25) is 9.59 Å². The van der Waals surface area contributed by atoms with Crippen LogP contribution in [-0.4, -0.2) is 25.2 Å². The number of ketones is 2. The van der Waals surface area contributed by atoms with Crippen molar-refractivity contribution in [3.63, 3.8) is 0 Å². The lowest BCUT2D eigenvalue weighted by Gasteiger charge is -2.31. The number of carbonyl (C=O) groups excluding carboxylic acids is 2. The van der Waals surface area contributed by atoms with Crippen molar-refractivity contribution in [1.29, 1.82) is 0 Å². The smallest absolute Gasteiger partial charge is 0.226 e. The first kappa shape index (κ1) is 21.7. The predicted molar refractivity (Wildman–Crippen MR) is 105 cm³/mol. The summed E-state index contributed by atoms with van der Waals surface area (Å²) in [7, 11) is 1.36. The van der Waals surface area contributed by atoms with Gasteiger partial charge in [0.15, 0.2) is 5.76 Å². The number of hydrogen-bond donors (Lipinski definition) is 2. The van der Waals surface area contributed by atoms with Crippen LogP contribution in [0.4, 0.5) is 0 Å². The Balaban J connectivity index is 2.93. The minimum Gasteiger partial charge on any atom is -0.491 e. The molecule has 0 aromatic carbocycles. The van der Waals surface area contributed by atoms with E-state index >= 15 is 0 Å². The van der Waals surface area contributed by atoms with Gasteiger partial charge in [0.1, 0.15) is 5.70 Å². The van der Waals surface area contributed by atoms with Gasteiger partial charge >= 0.3 is 0 Å². The molecule has 0 saturated carbocycles. The zero-order valence-corrected chi connectivity index (χ0v) is 17.1. The Morgan fingerprint density at radius 3 is 2.31 bits per heavy atom. The molecule has 1 aliphatic carbocycles. The summed E-state index contributed by atoms with van der Waals surface area (Å²) < 4.78 is 5.09. The van der Waals surface area contributed by atoms with Crippen molar-refractivity contribution in [2.24, 2.45) is 11.1 Å². The Bertz CT molecular complexity index is 703. The molecule has 0 unspecified atom stereocenters. The fourth-order valence-electron chi connectivity index (χ4n) is 3.06. The largest absolute Gasteiger partial charge is 0.491 e. The minimum absolute atomic E-state index is 0.0516. The first-order valence-corrected chi connectivity index (χ1v) is 8.91. The number of carbonyl (C=O) groups is 2. The van der Waals surface area contributed by atoms with Gasteiger partial charge in [-0.1, -0.05) is 31.6 Å². The molecule has 1 aliphatic rings. The maximum Gasteiger partial charge on any atom is 0.226 e. The molecule has 5 heteroatoms. The van der Waals surface area contributed by atoms with Crippen molar-refractivity contribution in [3.05, 3.63) is 46.0 Å². The van der Waals surface area contributed by atoms with E-state index in [0.29, 0.717) is 17.6 Å². The molecule has 5 nitrogen and oxygen atoms in total. The highest BCUT2D eigenvalue weighted by molar-refractivity contribution is 6.24. The number of Topliss-reactive ketones (excluding diaryl/α,β-unsaturated/α-hetero) is 2. The number of nitrogens with one attached hydrogen (secondary N) is 1. The highest BCUT2D eigenvalue weighted by Crippen LogP contribution is 2.38. The van der Waals surface area contributed by atoms with E-state index in [9.17, 15) is 9.59 Å². The van der Waals surface area contributed by atoms with Gasteiger partial charge in [-0.25, -0.2) is 0 Å². The van der Waals surface area contributed by atoms with E-state index in [2.05, 4.69) is 31.3 Å². The third kappa shape index (κ3) is 5.10. The summed E-state index contributed by atoms with van der Waals surface area (Å²) in [6.07, 6.45) is 5.84. The van der Waals surface area contributed by atoms with Gasteiger partial charge in [0.05, 0.1) is 7.11 Å². The standard InChI is InChI=1S/C21H32N2O3/c1-13(2)9-8-12-23-14(3)10-11-21(5,6)16-15(4)18(24)17(22)20(26-7)19(16)25/h9-10,23H,8,11-12,22H2,1-7H3/b14-10+. The fraction of sp³-hybridized carbons (Fsp3) is 0.524. The molecular weight excluding hydrogens is 328 g/mol. The Labute approximate surface area is 157 Å². The number of methoxy groups -OCH3 is 1. The molecule has 144 valence electrons. The molecule has 3 N–H and O–H groups in total. The number of rotatable bonds is 8. The van der Waals surface area contributed by atoms with Gasteiger partial charge in [0.2, 0.25) is 11.6 Å². The van der Waals surface area contributed by atoms with E-state index in [1.54, 1.807) is 6.92 Å². The molecule has 1 rings (SSSR count). The number of hydrogen-bond acceptors (Lipinski definition) is 5. The SMILES string of the molecule is COC1=C(N)C(=O)C(C)=C(C(C)(C)C/C=C(\C)NCCC=C(C)C)C1=O. The molecule has 0 aromatic rings. The zero-order chi connectivity index (χ0) is 20.1. The molecule has 0 aliphatic heterocycles. The van der Waals surface area contributed by atoms with E-state index in [0.717, 1.165) is 18.7 Å². The van der Waals surface area contributed by atoms with Crippen LogP contribution >= 0.6 is 0 Å². The van der Waals surface area contributed by atoms with E-state index in [1.807, 2.05) is 20.8 Å². The van der Waals surface area contributed by atoms with Crippen LogP contribution in [0.5, 0.6) is 0 Å². The molecular formula is C21H32N2O3. The highest BCUT2D eigenvalue weighted by Gasteiger charge is 2.39. The van der Waals surface area contributed by atoms with Gasteiger partial charge in [-0.15, -0.1) is 0 Å². The van der Waals surface area contributed by atoms with Crippen molar-refractivity contribution in [2.45, 2.75) is 54.4 Å². The third-order valence-electron chi connectivity index (χ3n) is 4.54. The lowest BCUT2D eigenvalue weighted by Crippen LogP contribution is -2.34. The normalized spacial score (nSPS) is 16.2. The summed E-state index contributed by atoms with van der Waals surface area (Å²) in [6.45, 7) is 12.6. The van der Waals surface area contributed by atoms with Crippen LogP contribution in [-0.2, 0) is 14.3 Å². The average molecular weight is 360 g/mol. The molecule has 26 heavy (non-hydrogen) atoms. The monoisotopic (exact) mass is 360 g/mol. The second-order valence-corrected chi connectivity index (χ2v) is 7.58. The van der Waals surface area contributed by atoms with Gasteiger partial charge in [0.25, 0.3) is 0 Å². The van der Waals surface area contributed by atoms with Crippen LogP contribution in [0, 0.1) is 5.41 Å². The van der Waals surface area contributed by atoms with E-state index in [1.165, 1.54) is 12.7 Å².